The van der Waals surface area contributed by atoms with Gasteiger partial charge in [0.2, 0.25) is 0 Å². The van der Waals surface area contributed by atoms with Crippen LogP contribution in [0.2, 0.25) is 0 Å². The summed E-state index contributed by atoms with van der Waals surface area (Å²) in [5, 5.41) is 21.6. The van der Waals surface area contributed by atoms with Crippen LogP contribution >= 0.6 is 27.7 Å². The van der Waals surface area contributed by atoms with Gasteiger partial charge in [-0.05, 0) is 17.7 Å². The lowest BCUT2D eigenvalue weighted by Crippen LogP contribution is -2.22. The van der Waals surface area contributed by atoms with Crippen LogP contribution < -0.4 is 5.32 Å². The Morgan fingerprint density at radius 2 is 2.11 bits per heavy atom. The first-order valence-electron chi connectivity index (χ1n) is 5.96. The molecule has 1 unspecified atom stereocenters. The molecule has 0 heterocycles. The highest BCUT2D eigenvalue weighted by Crippen LogP contribution is 2.27. The summed E-state index contributed by atoms with van der Waals surface area (Å²) in [4.78, 5) is 1.13. The topological polar surface area (TPSA) is 52.5 Å². The molecule has 0 aliphatic carbocycles. The minimum Gasteiger partial charge on any atom is -0.394 e. The van der Waals surface area contributed by atoms with Gasteiger partial charge in [-0.25, -0.2) is 0 Å². The van der Waals surface area contributed by atoms with Crippen molar-refractivity contribution in [2.24, 2.45) is 0 Å². The van der Waals surface area contributed by atoms with Crippen molar-refractivity contribution in [3.05, 3.63) is 28.2 Å². The van der Waals surface area contributed by atoms with E-state index in [-0.39, 0.29) is 6.61 Å². The molecule has 1 aromatic rings. The van der Waals surface area contributed by atoms with E-state index in [0.717, 1.165) is 15.9 Å². The zero-order valence-corrected chi connectivity index (χ0v) is 13.1. The third-order valence-corrected chi connectivity index (χ3v) is 4.11. The molecule has 0 amide bonds. The standard InChI is InChI=1S/C13H20BrNO2S/c1-9(2)15-6-10-3-4-11(14)5-13(10)18-8-12(17)7-16/h3-5,9,12,15-17H,6-8H2,1-2H3. The van der Waals surface area contributed by atoms with Crippen molar-refractivity contribution in [1.82, 2.24) is 5.32 Å². The fourth-order valence-corrected chi connectivity index (χ4v) is 2.89. The third kappa shape index (κ3) is 5.71. The molecule has 102 valence electrons. The van der Waals surface area contributed by atoms with E-state index in [1.807, 2.05) is 12.1 Å². The van der Waals surface area contributed by atoms with E-state index < -0.39 is 6.10 Å². The van der Waals surface area contributed by atoms with Crippen molar-refractivity contribution in [2.45, 2.75) is 37.4 Å². The highest BCUT2D eigenvalue weighted by Gasteiger charge is 2.08. The molecule has 18 heavy (non-hydrogen) atoms. The number of thioether (sulfide) groups is 1. The number of hydrogen-bond donors (Lipinski definition) is 3. The summed E-state index contributed by atoms with van der Waals surface area (Å²) >= 11 is 5.02. The number of halogens is 1. The van der Waals surface area contributed by atoms with Crippen LogP contribution in [0.1, 0.15) is 19.4 Å². The molecule has 1 rings (SSSR count). The van der Waals surface area contributed by atoms with E-state index >= 15 is 0 Å². The third-order valence-electron chi connectivity index (χ3n) is 2.37. The van der Waals surface area contributed by atoms with Crippen LogP contribution in [0.3, 0.4) is 0 Å². The van der Waals surface area contributed by atoms with Crippen molar-refractivity contribution >= 4 is 27.7 Å². The molecule has 5 heteroatoms. The smallest absolute Gasteiger partial charge is 0.0864 e. The Kier molecular flexibility index (Phi) is 7.26. The molecule has 0 saturated carbocycles. The van der Waals surface area contributed by atoms with Gasteiger partial charge in [0.05, 0.1) is 12.7 Å². The monoisotopic (exact) mass is 333 g/mol. The van der Waals surface area contributed by atoms with E-state index in [2.05, 4.69) is 41.2 Å². The molecule has 0 spiro atoms. The van der Waals surface area contributed by atoms with Crippen molar-refractivity contribution in [2.75, 3.05) is 12.4 Å². The highest BCUT2D eigenvalue weighted by molar-refractivity contribution is 9.10. The van der Waals surface area contributed by atoms with Crippen molar-refractivity contribution in [3.63, 3.8) is 0 Å². The SMILES string of the molecule is CC(C)NCc1ccc(Br)cc1SCC(O)CO. The quantitative estimate of drug-likeness (QED) is 0.670. The van der Waals surface area contributed by atoms with E-state index in [0.29, 0.717) is 11.8 Å². The van der Waals surface area contributed by atoms with Crippen LogP contribution in [0, 0.1) is 0 Å². The van der Waals surface area contributed by atoms with Crippen LogP contribution in [-0.2, 0) is 6.54 Å². The molecule has 3 N–H and O–H groups in total. The molecule has 0 bridgehead atoms. The van der Waals surface area contributed by atoms with Crippen LogP contribution in [0.4, 0.5) is 0 Å². The average molecular weight is 334 g/mol. The predicted octanol–water partition coefficient (Wildman–Crippen LogP) is 2.39. The summed E-state index contributed by atoms with van der Waals surface area (Å²) in [6.45, 7) is 4.84. The Balaban J connectivity index is 2.70. The summed E-state index contributed by atoms with van der Waals surface area (Å²) < 4.78 is 1.02. The maximum atomic E-state index is 9.40. The first kappa shape index (κ1) is 16.0. The Morgan fingerprint density at radius 1 is 1.39 bits per heavy atom. The molecule has 0 aromatic heterocycles. The van der Waals surface area contributed by atoms with Gasteiger partial charge >= 0.3 is 0 Å². The highest BCUT2D eigenvalue weighted by atomic mass is 79.9. The van der Waals surface area contributed by atoms with Crippen molar-refractivity contribution in [3.8, 4) is 0 Å². The largest absolute Gasteiger partial charge is 0.394 e. The summed E-state index contributed by atoms with van der Waals surface area (Å²) in [6.07, 6.45) is -0.667. The van der Waals surface area contributed by atoms with Crippen LogP contribution in [0.25, 0.3) is 0 Å². The second kappa shape index (κ2) is 8.17. The van der Waals surface area contributed by atoms with Gasteiger partial charge in [-0.2, -0.15) is 0 Å². The molecule has 3 nitrogen and oxygen atoms in total. The number of aliphatic hydroxyl groups excluding tert-OH is 2. The van der Waals surface area contributed by atoms with Crippen LogP contribution in [-0.4, -0.2) is 34.7 Å². The average Bonchev–Trinajstić information content (AvgIpc) is 2.34. The zero-order chi connectivity index (χ0) is 13.5. The normalized spacial score (nSPS) is 13.0. The fourth-order valence-electron chi connectivity index (χ4n) is 1.36. The number of aliphatic hydroxyl groups is 2. The van der Waals surface area contributed by atoms with Gasteiger partial charge in [0.15, 0.2) is 0 Å². The van der Waals surface area contributed by atoms with Gasteiger partial charge in [-0.3, -0.25) is 0 Å². The minimum atomic E-state index is -0.667. The molecule has 0 fully saturated rings. The maximum absolute atomic E-state index is 9.40. The van der Waals surface area contributed by atoms with Crippen molar-refractivity contribution in [1.29, 1.82) is 0 Å². The molecular formula is C13H20BrNO2S. The molecule has 0 aliphatic heterocycles. The summed E-state index contributed by atoms with van der Waals surface area (Å²) in [5.74, 6) is 0.502. The summed E-state index contributed by atoms with van der Waals surface area (Å²) in [6, 6.07) is 6.58. The number of hydrogen-bond acceptors (Lipinski definition) is 4. The van der Waals surface area contributed by atoms with E-state index in [9.17, 15) is 5.11 Å². The number of rotatable bonds is 7. The van der Waals surface area contributed by atoms with Crippen LogP contribution in [0.5, 0.6) is 0 Å². The lowest BCUT2D eigenvalue weighted by molar-refractivity contribution is 0.113. The Bertz CT molecular complexity index is 374. The number of benzene rings is 1. The Hall–Kier alpha value is -0.0700. The van der Waals surface area contributed by atoms with Gasteiger partial charge in [-0.15, -0.1) is 11.8 Å². The minimum absolute atomic E-state index is 0.194. The van der Waals surface area contributed by atoms with Gasteiger partial charge < -0.3 is 15.5 Å². The molecule has 1 atom stereocenters. The Morgan fingerprint density at radius 3 is 2.72 bits per heavy atom. The maximum Gasteiger partial charge on any atom is 0.0864 e. The van der Waals surface area contributed by atoms with Gasteiger partial charge in [0, 0.05) is 27.7 Å². The van der Waals surface area contributed by atoms with Crippen LogP contribution in [0.15, 0.2) is 27.6 Å². The fraction of sp³-hybridized carbons (Fsp3) is 0.538. The van der Waals surface area contributed by atoms with E-state index in [1.165, 1.54) is 5.56 Å². The lowest BCUT2D eigenvalue weighted by atomic mass is 10.2. The Labute approximate surface area is 121 Å². The summed E-state index contributed by atoms with van der Waals surface area (Å²) in [5.41, 5.74) is 1.21. The van der Waals surface area contributed by atoms with E-state index in [1.54, 1.807) is 11.8 Å². The molecular weight excluding hydrogens is 314 g/mol. The van der Waals surface area contributed by atoms with Gasteiger partial charge in [0.1, 0.15) is 0 Å². The molecule has 1 aromatic carbocycles. The summed E-state index contributed by atoms with van der Waals surface area (Å²) in [7, 11) is 0. The molecule has 0 radical (unpaired) electrons. The first-order chi connectivity index (χ1) is 8.52. The van der Waals surface area contributed by atoms with Crippen molar-refractivity contribution < 1.29 is 10.2 Å². The predicted molar refractivity (Wildman–Crippen MR) is 79.9 cm³/mol. The van der Waals surface area contributed by atoms with E-state index in [4.69, 9.17) is 5.11 Å². The second-order valence-corrected chi connectivity index (χ2v) is 6.41. The second-order valence-electron chi connectivity index (χ2n) is 4.44. The lowest BCUT2D eigenvalue weighted by Gasteiger charge is -2.14. The first-order valence-corrected chi connectivity index (χ1v) is 7.74. The van der Waals surface area contributed by atoms with Gasteiger partial charge in [-0.1, -0.05) is 35.8 Å². The zero-order valence-electron chi connectivity index (χ0n) is 10.7. The number of nitrogens with one attached hydrogen (secondary N) is 1. The molecule has 0 aliphatic rings. The van der Waals surface area contributed by atoms with Gasteiger partial charge in [0.25, 0.3) is 0 Å². The molecule has 0 saturated heterocycles.